The zero-order chi connectivity index (χ0) is 17.3. The number of sulfone groups is 1. The highest BCUT2D eigenvalue weighted by Gasteiger charge is 2.23. The van der Waals surface area contributed by atoms with Crippen LogP contribution in [0.25, 0.3) is 0 Å². The number of amides is 1. The van der Waals surface area contributed by atoms with Crippen LogP contribution in [0, 0.1) is 5.92 Å². The van der Waals surface area contributed by atoms with Gasteiger partial charge in [-0.3, -0.25) is 9.79 Å². The van der Waals surface area contributed by atoms with Gasteiger partial charge in [-0.2, -0.15) is 0 Å². The van der Waals surface area contributed by atoms with Gasteiger partial charge in [0.25, 0.3) is 0 Å². The van der Waals surface area contributed by atoms with E-state index in [-0.39, 0.29) is 47.9 Å². The van der Waals surface area contributed by atoms with Crippen molar-refractivity contribution in [1.29, 1.82) is 0 Å². The van der Waals surface area contributed by atoms with Crippen LogP contribution in [0.4, 0.5) is 0 Å². The summed E-state index contributed by atoms with van der Waals surface area (Å²) in [4.78, 5) is 18.0. The minimum atomic E-state index is -2.98. The van der Waals surface area contributed by atoms with Crippen LogP contribution >= 0.6 is 24.0 Å². The van der Waals surface area contributed by atoms with Crippen molar-refractivity contribution in [3.8, 4) is 0 Å². The van der Waals surface area contributed by atoms with Gasteiger partial charge in [0.1, 0.15) is 0 Å². The monoisotopic (exact) mass is 474 g/mol. The Morgan fingerprint density at radius 2 is 1.88 bits per heavy atom. The Morgan fingerprint density at radius 1 is 1.25 bits per heavy atom. The van der Waals surface area contributed by atoms with E-state index in [1.807, 2.05) is 6.92 Å². The maximum atomic E-state index is 11.5. The van der Waals surface area contributed by atoms with Crippen molar-refractivity contribution in [3.63, 3.8) is 0 Å². The minimum absolute atomic E-state index is 0. The van der Waals surface area contributed by atoms with E-state index in [0.29, 0.717) is 12.3 Å². The summed E-state index contributed by atoms with van der Waals surface area (Å²) in [6.45, 7) is 6.37. The maximum absolute atomic E-state index is 11.5. The number of hydrogen-bond acceptors (Lipinski definition) is 4. The molecule has 142 valence electrons. The first-order valence-electron chi connectivity index (χ1n) is 8.36. The fourth-order valence-corrected chi connectivity index (χ4v) is 3.23. The van der Waals surface area contributed by atoms with Crippen LogP contribution < -0.4 is 10.6 Å². The number of guanidine groups is 1. The van der Waals surface area contributed by atoms with Crippen LogP contribution in [0.2, 0.25) is 0 Å². The van der Waals surface area contributed by atoms with Crippen molar-refractivity contribution in [2.75, 3.05) is 44.7 Å². The van der Waals surface area contributed by atoms with Crippen molar-refractivity contribution in [3.05, 3.63) is 0 Å². The van der Waals surface area contributed by atoms with Crippen LogP contribution in [0.5, 0.6) is 0 Å². The summed E-state index contributed by atoms with van der Waals surface area (Å²) in [5.41, 5.74) is 0. The third-order valence-corrected chi connectivity index (χ3v) is 5.79. The van der Waals surface area contributed by atoms with Gasteiger partial charge in [0.2, 0.25) is 5.91 Å². The molecule has 7 nitrogen and oxygen atoms in total. The number of piperidine rings is 1. The predicted octanol–water partition coefficient (Wildman–Crippen LogP) is 0.853. The second kappa shape index (κ2) is 11.9. The normalized spacial score (nSPS) is 16.5. The van der Waals surface area contributed by atoms with Crippen LogP contribution in [0.1, 0.15) is 33.1 Å². The molecule has 0 atom stereocenters. The zero-order valence-electron chi connectivity index (χ0n) is 14.9. The quantitative estimate of drug-likeness (QED) is 0.325. The Hall–Kier alpha value is -0.580. The molecule has 0 aromatic carbocycles. The molecule has 0 radical (unpaired) electrons. The largest absolute Gasteiger partial charge is 0.359 e. The smallest absolute Gasteiger partial charge is 0.220 e. The number of halogens is 1. The van der Waals surface area contributed by atoms with Crippen molar-refractivity contribution >= 4 is 45.7 Å². The van der Waals surface area contributed by atoms with Crippen molar-refractivity contribution in [2.24, 2.45) is 10.9 Å². The van der Waals surface area contributed by atoms with Gasteiger partial charge < -0.3 is 15.5 Å². The molecular formula is C15H31IN4O3S. The number of hydrogen-bond donors (Lipinski definition) is 2. The molecule has 0 bridgehead atoms. The number of likely N-dealkylation sites (tertiary alicyclic amines) is 1. The molecule has 0 unspecified atom stereocenters. The average Bonchev–Trinajstić information content (AvgIpc) is 2.54. The summed E-state index contributed by atoms with van der Waals surface area (Å²) in [7, 11) is -1.32. The van der Waals surface area contributed by atoms with E-state index < -0.39 is 9.84 Å². The fraction of sp³-hybridized carbons (Fsp3) is 0.867. The highest BCUT2D eigenvalue weighted by molar-refractivity contribution is 14.0. The Morgan fingerprint density at radius 3 is 2.38 bits per heavy atom. The minimum Gasteiger partial charge on any atom is -0.359 e. The number of rotatable bonds is 7. The first-order valence-corrected chi connectivity index (χ1v) is 10.2. The van der Waals surface area contributed by atoms with E-state index in [0.717, 1.165) is 38.4 Å². The van der Waals surface area contributed by atoms with E-state index in [1.165, 1.54) is 0 Å². The molecule has 0 aliphatic carbocycles. The van der Waals surface area contributed by atoms with Gasteiger partial charge in [-0.1, -0.05) is 6.92 Å². The lowest BCUT2D eigenvalue weighted by Crippen LogP contribution is -2.46. The van der Waals surface area contributed by atoms with E-state index in [4.69, 9.17) is 0 Å². The van der Waals surface area contributed by atoms with Crippen molar-refractivity contribution < 1.29 is 13.2 Å². The molecule has 2 N–H and O–H groups in total. The highest BCUT2D eigenvalue weighted by Crippen LogP contribution is 2.20. The maximum Gasteiger partial charge on any atom is 0.220 e. The predicted molar refractivity (Wildman–Crippen MR) is 109 cm³/mol. The van der Waals surface area contributed by atoms with E-state index in [2.05, 4.69) is 20.5 Å². The van der Waals surface area contributed by atoms with E-state index in [1.54, 1.807) is 14.0 Å². The molecule has 0 aromatic heterocycles. The second-order valence-corrected chi connectivity index (χ2v) is 8.25. The number of nitrogens with one attached hydrogen (secondary N) is 2. The van der Waals surface area contributed by atoms with Crippen LogP contribution in [0.3, 0.4) is 0 Å². The summed E-state index contributed by atoms with van der Waals surface area (Å²) in [5, 5.41) is 5.89. The molecule has 1 saturated heterocycles. The highest BCUT2D eigenvalue weighted by atomic mass is 127. The molecule has 1 rings (SSSR count). The molecule has 0 saturated carbocycles. The summed E-state index contributed by atoms with van der Waals surface area (Å²) in [5.74, 6) is 1.52. The summed E-state index contributed by atoms with van der Waals surface area (Å²) < 4.78 is 23.1. The zero-order valence-corrected chi connectivity index (χ0v) is 18.0. The average molecular weight is 474 g/mol. The molecule has 0 spiro atoms. The topological polar surface area (TPSA) is 90.9 Å². The lowest BCUT2D eigenvalue weighted by Gasteiger charge is -2.34. The Kier molecular flexibility index (Phi) is 11.6. The molecule has 1 aliphatic heterocycles. The number of nitrogens with zero attached hydrogens (tertiary/aromatic N) is 2. The number of carbonyl (C=O) groups excluding carboxylic acids is 1. The standard InChI is InChI=1S/C15H30N4O3S.HI/c1-4-17-15(18-8-11-23(21,22)5-2)19-9-6-13(7-10-19)12-14(20)16-3;/h13H,4-12H2,1-3H3,(H,16,20)(H,17,18);1H. The van der Waals surface area contributed by atoms with Gasteiger partial charge in [0, 0.05) is 38.9 Å². The first kappa shape index (κ1) is 23.4. The van der Waals surface area contributed by atoms with Crippen LogP contribution in [0.15, 0.2) is 4.99 Å². The van der Waals surface area contributed by atoms with Gasteiger partial charge in [-0.05, 0) is 25.7 Å². The molecule has 9 heteroatoms. The van der Waals surface area contributed by atoms with Gasteiger partial charge >= 0.3 is 0 Å². The lowest BCUT2D eigenvalue weighted by atomic mass is 9.93. The summed E-state index contributed by atoms with van der Waals surface area (Å²) >= 11 is 0. The van der Waals surface area contributed by atoms with Crippen LogP contribution in [-0.2, 0) is 14.6 Å². The molecule has 0 aromatic rings. The van der Waals surface area contributed by atoms with Crippen molar-refractivity contribution in [2.45, 2.75) is 33.1 Å². The van der Waals surface area contributed by atoms with Gasteiger partial charge in [-0.25, -0.2) is 8.42 Å². The molecule has 24 heavy (non-hydrogen) atoms. The first-order chi connectivity index (χ1) is 10.9. The van der Waals surface area contributed by atoms with Crippen LogP contribution in [-0.4, -0.2) is 69.9 Å². The summed E-state index contributed by atoms with van der Waals surface area (Å²) in [6.07, 6.45) is 2.48. The van der Waals surface area contributed by atoms with Crippen molar-refractivity contribution in [1.82, 2.24) is 15.5 Å². The third kappa shape index (κ3) is 8.50. The Balaban J connectivity index is 0.00000529. The Bertz CT molecular complexity index is 503. The van der Waals surface area contributed by atoms with E-state index in [9.17, 15) is 13.2 Å². The Labute approximate surface area is 163 Å². The molecule has 1 amide bonds. The number of carbonyl (C=O) groups is 1. The van der Waals surface area contributed by atoms with Gasteiger partial charge in [0.05, 0.1) is 12.3 Å². The van der Waals surface area contributed by atoms with E-state index >= 15 is 0 Å². The molecular weight excluding hydrogens is 443 g/mol. The van der Waals surface area contributed by atoms with Gasteiger partial charge in [-0.15, -0.1) is 24.0 Å². The summed E-state index contributed by atoms with van der Waals surface area (Å²) in [6, 6.07) is 0. The SMILES string of the molecule is CCNC(=NCCS(=O)(=O)CC)N1CCC(CC(=O)NC)CC1.I. The second-order valence-electron chi connectivity index (χ2n) is 5.78. The third-order valence-electron chi connectivity index (χ3n) is 4.11. The molecule has 1 heterocycles. The fourth-order valence-electron chi connectivity index (χ4n) is 2.57. The number of aliphatic imine (C=N–C) groups is 1. The lowest BCUT2D eigenvalue weighted by molar-refractivity contribution is -0.121. The van der Waals surface area contributed by atoms with Gasteiger partial charge in [0.15, 0.2) is 15.8 Å². The molecule has 1 fully saturated rings. The molecule has 1 aliphatic rings.